The number of aromatic nitrogens is 1. The van der Waals surface area contributed by atoms with Gasteiger partial charge in [-0.15, -0.1) is 10.2 Å². The van der Waals surface area contributed by atoms with Crippen molar-refractivity contribution in [2.24, 2.45) is 16.9 Å². The Morgan fingerprint density at radius 2 is 1.85 bits per heavy atom. The Hall–Kier alpha value is -3.53. The predicted octanol–water partition coefficient (Wildman–Crippen LogP) is 5.43. The fourth-order valence-electron chi connectivity index (χ4n) is 4.88. The van der Waals surface area contributed by atoms with Gasteiger partial charge in [0, 0.05) is 44.2 Å². The molecule has 3 aliphatic rings. The molecule has 0 amide bonds. The van der Waals surface area contributed by atoms with Crippen molar-refractivity contribution in [2.75, 3.05) is 31.6 Å². The molecule has 0 radical (unpaired) electrons. The Bertz CT molecular complexity index is 1290. The largest absolute Gasteiger partial charge is 0.416 e. The number of allylic oxidation sites excluding steroid dienone is 2. The third-order valence-electron chi connectivity index (χ3n) is 7.29. The molecule has 2 N–H and O–H groups in total. The quantitative estimate of drug-likeness (QED) is 0.372. The molecule has 208 valence electrons. The van der Waals surface area contributed by atoms with E-state index in [0.717, 1.165) is 53.1 Å². The normalized spacial score (nSPS) is 18.0. The number of fused-ring (bicyclic) bond motifs is 1. The standard InChI is InChI=1S/C29H36F3N7/c1-5-25(29(30,31)32)13-19(2)15-39(28-34-36-37(4)35-28)18-24-14-23-8-6-7-20(3)26(23)33-27(24)38(16-21-9-10-21)17-22-11-12-22/h5-8,13-14,21-22,36H,1-2,9-12,15-18H2,3-4H3,(H,34,35)/b25-13+. The Morgan fingerprint density at radius 3 is 2.41 bits per heavy atom. The summed E-state index contributed by atoms with van der Waals surface area (Å²) in [5.74, 6) is 2.81. The number of benzene rings is 1. The van der Waals surface area contributed by atoms with Gasteiger partial charge < -0.3 is 9.80 Å². The first kappa shape index (κ1) is 27.1. The van der Waals surface area contributed by atoms with Crippen molar-refractivity contribution in [3.8, 4) is 0 Å². The monoisotopic (exact) mass is 539 g/mol. The Morgan fingerprint density at radius 1 is 1.15 bits per heavy atom. The van der Waals surface area contributed by atoms with Crippen molar-refractivity contribution in [3.05, 3.63) is 71.8 Å². The minimum Gasteiger partial charge on any atom is -0.356 e. The molecule has 0 unspecified atom stereocenters. The van der Waals surface area contributed by atoms with E-state index in [1.54, 1.807) is 12.2 Å². The number of anilines is 1. The molecule has 10 heteroatoms. The van der Waals surface area contributed by atoms with Gasteiger partial charge in [-0.05, 0) is 67.7 Å². The van der Waals surface area contributed by atoms with E-state index in [4.69, 9.17) is 4.98 Å². The van der Waals surface area contributed by atoms with Crippen molar-refractivity contribution in [2.45, 2.75) is 45.3 Å². The summed E-state index contributed by atoms with van der Waals surface area (Å²) in [6, 6.07) is 8.32. The van der Waals surface area contributed by atoms with Crippen LogP contribution >= 0.6 is 0 Å². The van der Waals surface area contributed by atoms with Crippen molar-refractivity contribution in [1.29, 1.82) is 0 Å². The van der Waals surface area contributed by atoms with Crippen molar-refractivity contribution >= 4 is 22.7 Å². The Labute approximate surface area is 227 Å². The number of alkyl halides is 3. The van der Waals surface area contributed by atoms with Crippen LogP contribution in [0.15, 0.2) is 65.8 Å². The molecule has 2 aliphatic carbocycles. The molecule has 2 aromatic rings. The molecule has 2 fully saturated rings. The summed E-state index contributed by atoms with van der Waals surface area (Å²) in [7, 11) is 1.77. The smallest absolute Gasteiger partial charge is 0.356 e. The summed E-state index contributed by atoms with van der Waals surface area (Å²) in [4.78, 5) is 9.55. The van der Waals surface area contributed by atoms with Gasteiger partial charge in [0.15, 0.2) is 0 Å². The summed E-state index contributed by atoms with van der Waals surface area (Å²) in [6.07, 6.45) is 2.32. The fraction of sp³-hybridized carbons (Fsp3) is 0.448. The molecule has 39 heavy (non-hydrogen) atoms. The first-order chi connectivity index (χ1) is 18.6. The van der Waals surface area contributed by atoms with Crippen LogP contribution in [0.4, 0.5) is 19.0 Å². The molecule has 0 atom stereocenters. The van der Waals surface area contributed by atoms with Gasteiger partial charge in [0.2, 0.25) is 5.96 Å². The average Bonchev–Trinajstić information content (AvgIpc) is 3.81. The Kier molecular flexibility index (Phi) is 7.57. The van der Waals surface area contributed by atoms with Crippen LogP contribution in [0.1, 0.15) is 36.8 Å². The number of nitrogens with one attached hydrogen (secondary N) is 2. The van der Waals surface area contributed by atoms with E-state index < -0.39 is 11.7 Å². The van der Waals surface area contributed by atoms with E-state index in [1.807, 2.05) is 11.0 Å². The predicted molar refractivity (Wildman–Crippen MR) is 149 cm³/mol. The van der Waals surface area contributed by atoms with E-state index in [1.165, 1.54) is 25.7 Å². The van der Waals surface area contributed by atoms with Crippen LogP contribution in [0, 0.1) is 18.8 Å². The van der Waals surface area contributed by atoms with Crippen molar-refractivity contribution < 1.29 is 13.2 Å². The number of para-hydroxylation sites is 1. The molecule has 1 aromatic heterocycles. The molecule has 1 aliphatic heterocycles. The molecule has 7 nitrogen and oxygen atoms in total. The first-order valence-corrected chi connectivity index (χ1v) is 13.4. The third kappa shape index (κ3) is 6.73. The summed E-state index contributed by atoms with van der Waals surface area (Å²) in [5, 5.41) is 6.97. The van der Waals surface area contributed by atoms with E-state index in [2.05, 4.69) is 59.2 Å². The zero-order valence-corrected chi connectivity index (χ0v) is 22.6. The number of halogens is 3. The molecule has 5 rings (SSSR count). The number of hydrogen-bond acceptors (Lipinski definition) is 7. The van der Waals surface area contributed by atoms with Crippen LogP contribution in [-0.2, 0) is 6.54 Å². The zero-order valence-electron chi connectivity index (χ0n) is 22.6. The highest BCUT2D eigenvalue weighted by atomic mass is 19.4. The summed E-state index contributed by atoms with van der Waals surface area (Å²) >= 11 is 0. The molecular weight excluding hydrogens is 503 g/mol. The van der Waals surface area contributed by atoms with Gasteiger partial charge in [0.1, 0.15) is 5.82 Å². The van der Waals surface area contributed by atoms with E-state index in [-0.39, 0.29) is 6.54 Å². The molecule has 2 heterocycles. The van der Waals surface area contributed by atoms with Gasteiger partial charge in [-0.1, -0.05) is 37.4 Å². The van der Waals surface area contributed by atoms with E-state index in [0.29, 0.717) is 29.9 Å². The topological polar surface area (TPSA) is 59.0 Å². The number of rotatable bonds is 11. The van der Waals surface area contributed by atoms with Crippen LogP contribution in [0.2, 0.25) is 0 Å². The average molecular weight is 540 g/mol. The van der Waals surface area contributed by atoms with Gasteiger partial charge in [0.25, 0.3) is 0 Å². The van der Waals surface area contributed by atoms with Crippen LogP contribution in [0.5, 0.6) is 0 Å². The second kappa shape index (κ2) is 10.9. The molecule has 0 bridgehead atoms. The fourth-order valence-corrected chi connectivity index (χ4v) is 4.88. The lowest BCUT2D eigenvalue weighted by atomic mass is 10.1. The molecular formula is C29H36F3N7. The van der Waals surface area contributed by atoms with Crippen molar-refractivity contribution in [3.63, 3.8) is 0 Å². The lowest BCUT2D eigenvalue weighted by molar-refractivity contribution is -0.0882. The number of aryl methyl sites for hydroxylation is 1. The minimum atomic E-state index is -4.50. The third-order valence-corrected chi connectivity index (χ3v) is 7.29. The number of hydrazone groups is 1. The molecule has 0 saturated heterocycles. The summed E-state index contributed by atoms with van der Waals surface area (Å²) in [6.45, 7) is 11.8. The maximum absolute atomic E-state index is 13.4. The van der Waals surface area contributed by atoms with Crippen LogP contribution in [0.25, 0.3) is 10.9 Å². The summed E-state index contributed by atoms with van der Waals surface area (Å²) in [5.41, 5.74) is 8.51. The number of pyridine rings is 1. The Balaban J connectivity index is 1.52. The van der Waals surface area contributed by atoms with Crippen LogP contribution in [0.3, 0.4) is 0 Å². The number of hydrazine groups is 2. The van der Waals surface area contributed by atoms with Gasteiger partial charge in [0.05, 0.1) is 11.1 Å². The highest BCUT2D eigenvalue weighted by molar-refractivity contribution is 5.85. The van der Waals surface area contributed by atoms with E-state index >= 15 is 0 Å². The number of nitrogens with zero attached hydrogens (tertiary/aromatic N) is 5. The lowest BCUT2D eigenvalue weighted by Crippen LogP contribution is -2.45. The van der Waals surface area contributed by atoms with Crippen LogP contribution in [-0.4, -0.2) is 53.8 Å². The van der Waals surface area contributed by atoms with E-state index in [9.17, 15) is 13.2 Å². The second-order valence-corrected chi connectivity index (χ2v) is 10.9. The zero-order chi connectivity index (χ0) is 27.7. The highest BCUT2D eigenvalue weighted by Crippen LogP contribution is 2.37. The second-order valence-electron chi connectivity index (χ2n) is 10.9. The van der Waals surface area contributed by atoms with Gasteiger partial charge in [-0.2, -0.15) is 13.2 Å². The van der Waals surface area contributed by atoms with Gasteiger partial charge >= 0.3 is 6.18 Å². The molecule has 1 aromatic carbocycles. The van der Waals surface area contributed by atoms with Gasteiger partial charge in [-0.3, -0.25) is 5.43 Å². The number of hydrogen-bond donors (Lipinski definition) is 2. The van der Waals surface area contributed by atoms with Crippen LogP contribution < -0.4 is 15.9 Å². The van der Waals surface area contributed by atoms with Gasteiger partial charge in [-0.25, -0.2) is 10.5 Å². The highest BCUT2D eigenvalue weighted by Gasteiger charge is 2.33. The molecule has 0 spiro atoms. The maximum atomic E-state index is 13.4. The lowest BCUT2D eigenvalue weighted by Gasteiger charge is -2.30. The molecule has 2 saturated carbocycles. The number of guanidine groups is 1. The first-order valence-electron chi connectivity index (χ1n) is 13.4. The SMILES string of the molecule is C=C/C(=C\C(=C)CN(Cc1cc2cccc(C)c2nc1N(CC1CC1)CC1CC1)C1=NNN(C)N1)C(F)(F)F. The van der Waals surface area contributed by atoms with Crippen molar-refractivity contribution in [1.82, 2.24) is 26.0 Å². The maximum Gasteiger partial charge on any atom is 0.416 e. The minimum absolute atomic E-state index is 0.130. The summed E-state index contributed by atoms with van der Waals surface area (Å²) < 4.78 is 40.2.